The van der Waals surface area contributed by atoms with Crippen LogP contribution in [0, 0.1) is 13.8 Å². The molecule has 8 heteroatoms. The lowest BCUT2D eigenvalue weighted by atomic mass is 10.1. The van der Waals surface area contributed by atoms with Crippen LogP contribution < -0.4 is 9.80 Å². The van der Waals surface area contributed by atoms with Crippen molar-refractivity contribution in [1.82, 2.24) is 24.4 Å². The Hall–Kier alpha value is -3.94. The van der Waals surface area contributed by atoms with E-state index >= 15 is 0 Å². The normalized spacial score (nSPS) is 15.4. The molecule has 224 valence electrons. The van der Waals surface area contributed by atoms with E-state index < -0.39 is 0 Å². The van der Waals surface area contributed by atoms with Crippen LogP contribution >= 0.6 is 12.4 Å². The predicted octanol–water partition coefficient (Wildman–Crippen LogP) is 6.95. The Labute approximate surface area is 261 Å². The number of hydrogen-bond acceptors (Lipinski definition) is 6. The van der Waals surface area contributed by atoms with Crippen LogP contribution in [0.3, 0.4) is 0 Å². The number of nitrogens with zero attached hydrogens (tertiary/aromatic N) is 7. The SMILES string of the molecule is Cc1cccc(N2CCN(CCCCN(C)c3ncnc4c3nc(-c3ccccc3)n4-c3ccccc3)C(C)C2)c1C.Cl. The Bertz CT molecular complexity index is 1640. The highest BCUT2D eigenvalue weighted by Crippen LogP contribution is 2.31. The second-order valence-electron chi connectivity index (χ2n) is 11.5. The van der Waals surface area contributed by atoms with Crippen LogP contribution in [0.2, 0.25) is 0 Å². The molecule has 43 heavy (non-hydrogen) atoms. The third-order valence-electron chi connectivity index (χ3n) is 8.70. The molecule has 6 rings (SSSR count). The molecule has 0 amide bonds. The number of imidazole rings is 1. The van der Waals surface area contributed by atoms with E-state index in [1.54, 1.807) is 6.33 Å². The number of anilines is 2. The van der Waals surface area contributed by atoms with Gasteiger partial charge in [0, 0.05) is 56.2 Å². The average molecular weight is 596 g/mol. The molecular formula is C35H42ClN7. The fourth-order valence-corrected chi connectivity index (χ4v) is 6.16. The number of piperazine rings is 1. The number of unbranched alkanes of at least 4 members (excludes halogenated alkanes) is 1. The van der Waals surface area contributed by atoms with E-state index in [1.807, 2.05) is 24.3 Å². The second kappa shape index (κ2) is 13.6. The van der Waals surface area contributed by atoms with Gasteiger partial charge in [-0.1, -0.05) is 60.7 Å². The molecule has 0 spiro atoms. The molecule has 0 N–H and O–H groups in total. The molecule has 3 aromatic carbocycles. The minimum atomic E-state index is 0. The maximum absolute atomic E-state index is 5.12. The Morgan fingerprint density at radius 1 is 0.860 bits per heavy atom. The highest BCUT2D eigenvalue weighted by Gasteiger charge is 2.25. The van der Waals surface area contributed by atoms with Crippen molar-refractivity contribution < 1.29 is 0 Å². The van der Waals surface area contributed by atoms with E-state index in [0.717, 1.165) is 79.6 Å². The van der Waals surface area contributed by atoms with Crippen molar-refractivity contribution >= 4 is 35.1 Å². The number of benzene rings is 3. The van der Waals surface area contributed by atoms with E-state index in [-0.39, 0.29) is 12.4 Å². The molecule has 1 atom stereocenters. The Kier molecular flexibility index (Phi) is 9.63. The van der Waals surface area contributed by atoms with Crippen molar-refractivity contribution in [3.8, 4) is 17.1 Å². The van der Waals surface area contributed by atoms with E-state index in [0.29, 0.717) is 6.04 Å². The summed E-state index contributed by atoms with van der Waals surface area (Å²) in [5, 5.41) is 0. The fraction of sp³-hybridized carbons (Fsp3) is 0.343. The Morgan fingerprint density at radius 2 is 1.60 bits per heavy atom. The maximum atomic E-state index is 5.12. The van der Waals surface area contributed by atoms with Crippen LogP contribution in [-0.4, -0.2) is 70.2 Å². The molecule has 0 saturated carbocycles. The third kappa shape index (κ3) is 6.38. The van der Waals surface area contributed by atoms with Gasteiger partial charge in [0.1, 0.15) is 12.2 Å². The minimum Gasteiger partial charge on any atom is -0.368 e. The third-order valence-corrected chi connectivity index (χ3v) is 8.70. The van der Waals surface area contributed by atoms with Gasteiger partial charge < -0.3 is 9.80 Å². The molecule has 0 radical (unpaired) electrons. The Morgan fingerprint density at radius 3 is 2.35 bits per heavy atom. The van der Waals surface area contributed by atoms with Gasteiger partial charge in [0.2, 0.25) is 0 Å². The van der Waals surface area contributed by atoms with Gasteiger partial charge in [-0.05, 0) is 69.5 Å². The molecule has 1 aliphatic heterocycles. The molecule has 1 saturated heterocycles. The van der Waals surface area contributed by atoms with Gasteiger partial charge >= 0.3 is 0 Å². The van der Waals surface area contributed by atoms with Crippen LogP contribution in [0.15, 0.2) is 85.2 Å². The number of aryl methyl sites for hydroxylation is 1. The number of halogens is 1. The van der Waals surface area contributed by atoms with Crippen LogP contribution in [0.4, 0.5) is 11.5 Å². The van der Waals surface area contributed by atoms with Crippen molar-refractivity contribution in [2.24, 2.45) is 0 Å². The average Bonchev–Trinajstić information content (AvgIpc) is 3.42. The van der Waals surface area contributed by atoms with Crippen molar-refractivity contribution in [3.05, 3.63) is 96.3 Å². The molecule has 0 aliphatic carbocycles. The number of rotatable bonds is 9. The summed E-state index contributed by atoms with van der Waals surface area (Å²) in [5.41, 5.74) is 7.92. The van der Waals surface area contributed by atoms with Gasteiger partial charge in [-0.25, -0.2) is 15.0 Å². The number of para-hydroxylation sites is 1. The monoisotopic (exact) mass is 595 g/mol. The summed E-state index contributed by atoms with van der Waals surface area (Å²) in [5.74, 6) is 1.75. The zero-order valence-electron chi connectivity index (χ0n) is 25.6. The summed E-state index contributed by atoms with van der Waals surface area (Å²) in [7, 11) is 2.12. The first kappa shape index (κ1) is 30.5. The summed E-state index contributed by atoms with van der Waals surface area (Å²) in [6, 6.07) is 27.9. The molecule has 5 aromatic rings. The lowest BCUT2D eigenvalue weighted by Crippen LogP contribution is -2.52. The molecule has 0 bridgehead atoms. The van der Waals surface area contributed by atoms with Gasteiger partial charge in [0.15, 0.2) is 17.0 Å². The first-order valence-electron chi connectivity index (χ1n) is 15.1. The lowest BCUT2D eigenvalue weighted by Gasteiger charge is -2.41. The number of hydrogen-bond donors (Lipinski definition) is 0. The van der Waals surface area contributed by atoms with Crippen LogP contribution in [0.25, 0.3) is 28.2 Å². The molecule has 1 unspecified atom stereocenters. The fourth-order valence-electron chi connectivity index (χ4n) is 6.16. The van der Waals surface area contributed by atoms with Crippen LogP contribution in [0.5, 0.6) is 0 Å². The number of aromatic nitrogens is 4. The van der Waals surface area contributed by atoms with Gasteiger partial charge in [-0.3, -0.25) is 9.47 Å². The Balaban J connectivity index is 0.00000368. The molecular weight excluding hydrogens is 554 g/mol. The smallest absolute Gasteiger partial charge is 0.170 e. The van der Waals surface area contributed by atoms with Crippen molar-refractivity contribution in [1.29, 1.82) is 0 Å². The van der Waals surface area contributed by atoms with Gasteiger partial charge in [-0.15, -0.1) is 12.4 Å². The largest absolute Gasteiger partial charge is 0.368 e. The van der Waals surface area contributed by atoms with E-state index in [9.17, 15) is 0 Å². The van der Waals surface area contributed by atoms with E-state index in [2.05, 4.69) is 102 Å². The first-order valence-corrected chi connectivity index (χ1v) is 15.1. The van der Waals surface area contributed by atoms with E-state index in [1.165, 1.54) is 16.8 Å². The summed E-state index contributed by atoms with van der Waals surface area (Å²) >= 11 is 0. The van der Waals surface area contributed by atoms with Gasteiger partial charge in [0.25, 0.3) is 0 Å². The topological polar surface area (TPSA) is 53.3 Å². The zero-order valence-corrected chi connectivity index (χ0v) is 26.5. The molecule has 2 aromatic heterocycles. The van der Waals surface area contributed by atoms with Crippen LogP contribution in [0.1, 0.15) is 30.9 Å². The number of fused-ring (bicyclic) bond motifs is 1. The zero-order chi connectivity index (χ0) is 29.1. The predicted molar refractivity (Wildman–Crippen MR) is 181 cm³/mol. The summed E-state index contributed by atoms with van der Waals surface area (Å²) in [6.45, 7) is 12.1. The lowest BCUT2D eigenvalue weighted by molar-refractivity contribution is 0.186. The second-order valence-corrected chi connectivity index (χ2v) is 11.5. The van der Waals surface area contributed by atoms with Crippen molar-refractivity contribution in [2.75, 3.05) is 49.6 Å². The van der Waals surface area contributed by atoms with Gasteiger partial charge in [0.05, 0.1) is 0 Å². The quantitative estimate of drug-likeness (QED) is 0.172. The van der Waals surface area contributed by atoms with Crippen LogP contribution in [-0.2, 0) is 0 Å². The standard InChI is InChI=1S/C35H41N7.ClH/c1-26-14-13-19-31(28(26)3)41-23-22-40(27(2)24-41)21-12-11-20-39(4)34-32-35(37-25-36-34)42(30-17-9-6-10-18-30)33(38-32)29-15-7-5-8-16-29;/h5-10,13-19,25,27H,11-12,20-24H2,1-4H3;1H. The summed E-state index contributed by atoms with van der Waals surface area (Å²) in [6.07, 6.45) is 3.91. The minimum absolute atomic E-state index is 0. The summed E-state index contributed by atoms with van der Waals surface area (Å²) < 4.78 is 2.14. The van der Waals surface area contributed by atoms with E-state index in [4.69, 9.17) is 15.0 Å². The van der Waals surface area contributed by atoms with Crippen molar-refractivity contribution in [2.45, 2.75) is 39.7 Å². The first-order chi connectivity index (χ1) is 20.5. The highest BCUT2D eigenvalue weighted by molar-refractivity contribution is 5.88. The van der Waals surface area contributed by atoms with Gasteiger partial charge in [-0.2, -0.15) is 0 Å². The molecule has 7 nitrogen and oxygen atoms in total. The molecule has 3 heterocycles. The molecule has 1 aliphatic rings. The summed E-state index contributed by atoms with van der Waals surface area (Å²) in [4.78, 5) is 22.0. The highest BCUT2D eigenvalue weighted by atomic mass is 35.5. The van der Waals surface area contributed by atoms with Crippen molar-refractivity contribution in [3.63, 3.8) is 0 Å². The molecule has 1 fully saturated rings. The maximum Gasteiger partial charge on any atom is 0.170 e.